The van der Waals surface area contributed by atoms with Gasteiger partial charge in [0, 0.05) is 22.7 Å². The summed E-state index contributed by atoms with van der Waals surface area (Å²) in [5.74, 6) is -0.990. The molecular formula is C20H26BrClN2O7. The van der Waals surface area contributed by atoms with Gasteiger partial charge in [-0.25, -0.2) is 4.79 Å². The number of hydrogen-bond acceptors (Lipinski definition) is 8. The fourth-order valence-corrected chi connectivity index (χ4v) is 4.97. The summed E-state index contributed by atoms with van der Waals surface area (Å²) in [5, 5.41) is 41.2. The summed E-state index contributed by atoms with van der Waals surface area (Å²) in [6.45, 7) is 0. The zero-order valence-electron chi connectivity index (χ0n) is 16.6. The van der Waals surface area contributed by atoms with Gasteiger partial charge >= 0.3 is 5.97 Å². The van der Waals surface area contributed by atoms with Crippen molar-refractivity contribution in [2.45, 2.75) is 65.8 Å². The highest BCUT2D eigenvalue weighted by Gasteiger charge is 2.74. The Bertz CT molecular complexity index is 947. The van der Waals surface area contributed by atoms with E-state index in [1.807, 2.05) is 0 Å². The van der Waals surface area contributed by atoms with Crippen LogP contribution in [0.25, 0.3) is 10.9 Å². The second-order valence-electron chi connectivity index (χ2n) is 7.88. The quantitative estimate of drug-likeness (QED) is 0.264. The predicted molar refractivity (Wildman–Crippen MR) is 116 cm³/mol. The van der Waals surface area contributed by atoms with Crippen molar-refractivity contribution in [3.8, 4) is 0 Å². The molecule has 0 amide bonds. The Labute approximate surface area is 192 Å². The first kappa shape index (κ1) is 24.4. The molecule has 1 aromatic heterocycles. The number of aromatic amines is 1. The number of hydrogen-bond donors (Lipinski definition) is 6. The molecule has 1 saturated carbocycles. The largest absolute Gasteiger partial charge is 0.460 e. The van der Waals surface area contributed by atoms with E-state index < -0.39 is 33.5 Å². The average molecular weight is 522 g/mol. The summed E-state index contributed by atoms with van der Waals surface area (Å²) in [6.07, 6.45) is 1.14. The smallest absolute Gasteiger partial charge is 0.339 e. The molecule has 2 aliphatic rings. The van der Waals surface area contributed by atoms with E-state index in [2.05, 4.69) is 20.9 Å². The lowest BCUT2D eigenvalue weighted by molar-refractivity contribution is -0.340. The van der Waals surface area contributed by atoms with Crippen LogP contribution in [-0.4, -0.2) is 59.4 Å². The van der Waals surface area contributed by atoms with Gasteiger partial charge in [-0.2, -0.15) is 0 Å². The highest BCUT2D eigenvalue weighted by molar-refractivity contribution is 9.10. The van der Waals surface area contributed by atoms with Crippen molar-refractivity contribution in [1.82, 2.24) is 11.1 Å². The number of para-hydroxylation sites is 1. The maximum Gasteiger partial charge on any atom is 0.339 e. The predicted octanol–water partition coefficient (Wildman–Crippen LogP) is 2.12. The number of aromatic nitrogens is 1. The van der Waals surface area contributed by atoms with Crippen molar-refractivity contribution in [2.24, 2.45) is 0 Å². The maximum absolute atomic E-state index is 13.1. The van der Waals surface area contributed by atoms with Crippen LogP contribution in [-0.2, 0) is 19.9 Å². The van der Waals surface area contributed by atoms with Crippen molar-refractivity contribution in [3.05, 3.63) is 36.0 Å². The van der Waals surface area contributed by atoms with Crippen molar-refractivity contribution in [1.29, 1.82) is 0 Å². The van der Waals surface area contributed by atoms with Crippen LogP contribution in [0.3, 0.4) is 0 Å². The fraction of sp³-hybridized carbons (Fsp3) is 0.550. The van der Waals surface area contributed by atoms with Crippen LogP contribution < -0.4 is 6.15 Å². The highest BCUT2D eigenvalue weighted by Crippen LogP contribution is 2.55. The number of halogens is 2. The van der Waals surface area contributed by atoms with Crippen LogP contribution in [0.2, 0.25) is 0 Å². The molecule has 2 fully saturated rings. The molecule has 0 radical (unpaired) electrons. The number of H-pyrrole nitrogens is 1. The minimum Gasteiger partial charge on any atom is -0.460 e. The first-order chi connectivity index (χ1) is 14.1. The standard InChI is InChI=1S/C20H23BrClNO7.H3N/c21-19(27)17(25)30-15(16(24)29-11-6-2-1-3-7-11)18(26,20(19,22)28)13-10-23-14-9-5-4-8-12(13)14;/h4-5,8-11,15,17,23,25-28H,1-3,6-7H2;1H3/t15-,17-,18-,19+,20+;/m1./s1. The Hall–Kier alpha value is -1.24. The summed E-state index contributed by atoms with van der Waals surface area (Å²) >= 11 is 9.04. The number of alkyl halides is 2. The van der Waals surface area contributed by atoms with Gasteiger partial charge in [0.15, 0.2) is 18.0 Å². The number of aliphatic hydroxyl groups excluding tert-OH is 1. The van der Waals surface area contributed by atoms with Gasteiger partial charge in [-0.3, -0.25) is 0 Å². The second-order valence-corrected chi connectivity index (χ2v) is 9.63. The molecule has 0 spiro atoms. The van der Waals surface area contributed by atoms with Crippen molar-refractivity contribution in [3.63, 3.8) is 0 Å². The molecule has 11 heteroatoms. The summed E-state index contributed by atoms with van der Waals surface area (Å²) in [4.78, 5) is 16.0. The van der Waals surface area contributed by atoms with Crippen LogP contribution >= 0.6 is 27.5 Å². The number of esters is 1. The first-order valence-electron chi connectivity index (χ1n) is 9.76. The fourth-order valence-electron chi connectivity index (χ4n) is 4.26. The molecule has 2 aromatic rings. The van der Waals surface area contributed by atoms with E-state index in [1.54, 1.807) is 24.3 Å². The Morgan fingerprint density at radius 1 is 1.19 bits per heavy atom. The number of rotatable bonds is 3. The monoisotopic (exact) mass is 520 g/mol. The van der Waals surface area contributed by atoms with Gasteiger partial charge in [-0.15, -0.1) is 0 Å². The van der Waals surface area contributed by atoms with E-state index >= 15 is 0 Å². The lowest BCUT2D eigenvalue weighted by atomic mass is 9.77. The van der Waals surface area contributed by atoms with E-state index in [4.69, 9.17) is 21.1 Å². The molecule has 1 aliphatic carbocycles. The van der Waals surface area contributed by atoms with Crippen LogP contribution in [0.15, 0.2) is 30.5 Å². The molecule has 0 unspecified atom stereocenters. The zero-order valence-corrected chi connectivity index (χ0v) is 19.0. The third-order valence-corrected chi connectivity index (χ3v) is 7.76. The molecule has 1 aromatic carbocycles. The minimum atomic E-state index is -2.97. The highest BCUT2D eigenvalue weighted by atomic mass is 79.9. The minimum absolute atomic E-state index is 0. The molecule has 0 bridgehead atoms. The van der Waals surface area contributed by atoms with E-state index in [-0.39, 0.29) is 17.8 Å². The van der Waals surface area contributed by atoms with Crippen molar-refractivity contribution >= 4 is 44.4 Å². The third kappa shape index (κ3) is 3.68. The number of fused-ring (bicyclic) bond motifs is 1. The second kappa shape index (κ2) is 8.60. The SMILES string of the molecule is N.O=C(OC1CCCCC1)[C@H]1O[C@@H](O)[C@@](O)(Br)[C@](O)(Cl)[C@@]1(O)c1c[nH]c2ccccc12. The van der Waals surface area contributed by atoms with Gasteiger partial charge < -0.3 is 41.0 Å². The molecule has 1 saturated heterocycles. The van der Waals surface area contributed by atoms with Crippen LogP contribution in [0.5, 0.6) is 0 Å². The summed E-state index contributed by atoms with van der Waals surface area (Å²) < 4.78 is 8.14. The van der Waals surface area contributed by atoms with Gasteiger partial charge in [-0.1, -0.05) is 36.2 Å². The third-order valence-electron chi connectivity index (χ3n) is 5.99. The number of benzene rings is 1. The number of carbonyl (C=O) groups excluding carboxylic acids is 1. The van der Waals surface area contributed by atoms with Gasteiger partial charge in [0.05, 0.1) is 0 Å². The lowest BCUT2D eigenvalue weighted by Crippen LogP contribution is -2.75. The van der Waals surface area contributed by atoms with E-state index in [0.717, 1.165) is 19.3 Å². The number of nitrogens with one attached hydrogen (secondary N) is 1. The number of carbonyl (C=O) groups is 1. The van der Waals surface area contributed by atoms with Crippen molar-refractivity contribution in [2.75, 3.05) is 0 Å². The molecule has 172 valence electrons. The molecule has 2 heterocycles. The van der Waals surface area contributed by atoms with E-state index in [0.29, 0.717) is 23.7 Å². The summed E-state index contributed by atoms with van der Waals surface area (Å²) in [6, 6.07) is 6.83. The molecule has 4 rings (SSSR count). The Kier molecular flexibility index (Phi) is 6.77. The molecule has 8 N–H and O–H groups in total. The Morgan fingerprint density at radius 3 is 2.52 bits per heavy atom. The van der Waals surface area contributed by atoms with Gasteiger partial charge in [-0.05, 0) is 47.7 Å². The molecule has 1 aliphatic heterocycles. The van der Waals surface area contributed by atoms with E-state index in [1.165, 1.54) is 6.20 Å². The average Bonchev–Trinajstić information content (AvgIpc) is 3.15. The topological polar surface area (TPSA) is 167 Å². The normalized spacial score (nSPS) is 36.7. The lowest BCUT2D eigenvalue weighted by Gasteiger charge is -2.53. The van der Waals surface area contributed by atoms with Gasteiger partial charge in [0.1, 0.15) is 6.10 Å². The van der Waals surface area contributed by atoms with E-state index in [9.17, 15) is 25.2 Å². The molecule has 31 heavy (non-hydrogen) atoms. The van der Waals surface area contributed by atoms with Gasteiger partial charge in [0.25, 0.3) is 0 Å². The van der Waals surface area contributed by atoms with Crippen molar-refractivity contribution < 1.29 is 34.7 Å². The van der Waals surface area contributed by atoms with Crippen LogP contribution in [0.1, 0.15) is 37.7 Å². The Morgan fingerprint density at radius 2 is 1.84 bits per heavy atom. The molecule has 9 nitrogen and oxygen atoms in total. The first-order valence-corrected chi connectivity index (χ1v) is 10.9. The number of ether oxygens (including phenoxy) is 2. The van der Waals surface area contributed by atoms with Crippen LogP contribution in [0, 0.1) is 0 Å². The maximum atomic E-state index is 13.1. The Balaban J connectivity index is 0.00000272. The van der Waals surface area contributed by atoms with Gasteiger partial charge in [0.2, 0.25) is 9.57 Å². The molecular weight excluding hydrogens is 496 g/mol. The molecule has 5 atom stereocenters. The zero-order chi connectivity index (χ0) is 21.7. The number of aliphatic hydroxyl groups is 4. The summed E-state index contributed by atoms with van der Waals surface area (Å²) in [5.41, 5.74) is -2.08. The summed E-state index contributed by atoms with van der Waals surface area (Å²) in [7, 11) is 0. The van der Waals surface area contributed by atoms with Crippen LogP contribution in [0.4, 0.5) is 0 Å².